The lowest BCUT2D eigenvalue weighted by Crippen LogP contribution is -2.57. The highest BCUT2D eigenvalue weighted by Gasteiger charge is 2.37. The standard InChI is InChI=1S/C16H21BrN2O4/c1-12-10-18(9-5-8-17)15(21)19(14(12)20)16(22)23-11-13-6-3-2-4-7-13/h2-4,6-7,10,14-15,20-21H,5,8-9,11H2,1H3. The largest absolute Gasteiger partial charge is 0.444 e. The van der Waals surface area contributed by atoms with Gasteiger partial charge in [-0.15, -0.1) is 0 Å². The van der Waals surface area contributed by atoms with E-state index in [0.717, 1.165) is 22.2 Å². The molecule has 6 nitrogen and oxygen atoms in total. The van der Waals surface area contributed by atoms with Crippen molar-refractivity contribution in [1.82, 2.24) is 9.80 Å². The van der Waals surface area contributed by atoms with Gasteiger partial charge in [-0.05, 0) is 24.5 Å². The second-order valence-electron chi connectivity index (χ2n) is 5.32. The molecule has 1 aromatic carbocycles. The Hall–Kier alpha value is -1.57. The van der Waals surface area contributed by atoms with E-state index in [4.69, 9.17) is 4.74 Å². The molecule has 0 aromatic heterocycles. The number of halogens is 1. The third-order valence-corrected chi connectivity index (χ3v) is 4.11. The van der Waals surface area contributed by atoms with Crippen molar-refractivity contribution in [2.75, 3.05) is 11.9 Å². The van der Waals surface area contributed by atoms with Crippen LogP contribution in [0.2, 0.25) is 0 Å². The average Bonchev–Trinajstić information content (AvgIpc) is 2.56. The Labute approximate surface area is 144 Å². The summed E-state index contributed by atoms with van der Waals surface area (Å²) in [5.74, 6) is 0. The van der Waals surface area contributed by atoms with E-state index in [-0.39, 0.29) is 6.61 Å². The Bertz CT molecular complexity index is 552. The zero-order valence-corrected chi connectivity index (χ0v) is 14.5. The SMILES string of the molecule is CC1=CN(CCCBr)C(O)N(C(=O)OCc2ccccc2)C1O. The number of ether oxygens (including phenoxy) is 1. The van der Waals surface area contributed by atoms with Crippen LogP contribution in [0.1, 0.15) is 18.9 Å². The van der Waals surface area contributed by atoms with Crippen LogP contribution >= 0.6 is 15.9 Å². The van der Waals surface area contributed by atoms with E-state index in [2.05, 4.69) is 15.9 Å². The van der Waals surface area contributed by atoms with Gasteiger partial charge >= 0.3 is 6.09 Å². The summed E-state index contributed by atoms with van der Waals surface area (Å²) in [5.41, 5.74) is 1.41. The van der Waals surface area contributed by atoms with Crippen LogP contribution < -0.4 is 0 Å². The summed E-state index contributed by atoms with van der Waals surface area (Å²) in [5, 5.41) is 21.3. The normalized spacial score (nSPS) is 21.1. The highest BCUT2D eigenvalue weighted by atomic mass is 79.9. The lowest BCUT2D eigenvalue weighted by atomic mass is 10.2. The van der Waals surface area contributed by atoms with E-state index in [1.807, 2.05) is 30.3 Å². The molecule has 0 radical (unpaired) electrons. The Balaban J connectivity index is 2.03. The molecule has 1 aromatic rings. The van der Waals surface area contributed by atoms with Crippen molar-refractivity contribution >= 4 is 22.0 Å². The molecule has 1 heterocycles. The number of aliphatic hydroxyl groups excluding tert-OH is 2. The number of amides is 1. The minimum Gasteiger partial charge on any atom is -0.444 e. The predicted molar refractivity (Wildman–Crippen MR) is 89.4 cm³/mol. The monoisotopic (exact) mass is 384 g/mol. The van der Waals surface area contributed by atoms with Crippen molar-refractivity contribution in [2.45, 2.75) is 32.5 Å². The number of hydrogen-bond donors (Lipinski definition) is 2. The first-order chi connectivity index (χ1) is 11.0. The first-order valence-electron chi connectivity index (χ1n) is 7.39. The number of hydrogen-bond acceptors (Lipinski definition) is 5. The van der Waals surface area contributed by atoms with Gasteiger partial charge in [0.1, 0.15) is 6.61 Å². The summed E-state index contributed by atoms with van der Waals surface area (Å²) in [7, 11) is 0. The smallest absolute Gasteiger partial charge is 0.416 e. The maximum absolute atomic E-state index is 12.3. The number of rotatable bonds is 5. The minimum absolute atomic E-state index is 0.0831. The van der Waals surface area contributed by atoms with E-state index in [9.17, 15) is 15.0 Å². The summed E-state index contributed by atoms with van der Waals surface area (Å²) in [6.07, 6.45) is -0.752. The Kier molecular flexibility index (Phi) is 6.44. The Morgan fingerprint density at radius 1 is 1.30 bits per heavy atom. The Morgan fingerprint density at radius 3 is 2.65 bits per heavy atom. The molecule has 2 N–H and O–H groups in total. The first-order valence-corrected chi connectivity index (χ1v) is 8.52. The van der Waals surface area contributed by atoms with Crippen LogP contribution in [0.15, 0.2) is 42.1 Å². The van der Waals surface area contributed by atoms with E-state index >= 15 is 0 Å². The quantitative estimate of drug-likeness (QED) is 0.761. The molecule has 23 heavy (non-hydrogen) atoms. The van der Waals surface area contributed by atoms with Gasteiger partial charge in [0.25, 0.3) is 0 Å². The molecule has 7 heteroatoms. The predicted octanol–water partition coefficient (Wildman–Crippen LogP) is 2.22. The zero-order chi connectivity index (χ0) is 16.8. The topological polar surface area (TPSA) is 73.2 Å². The minimum atomic E-state index is -1.25. The van der Waals surface area contributed by atoms with Crippen LogP contribution in [-0.2, 0) is 11.3 Å². The molecule has 0 fully saturated rings. The highest BCUT2D eigenvalue weighted by Crippen LogP contribution is 2.22. The molecule has 2 rings (SSSR count). The summed E-state index contributed by atoms with van der Waals surface area (Å²) in [6.45, 7) is 2.34. The van der Waals surface area contributed by atoms with Crippen LogP contribution in [0.25, 0.3) is 0 Å². The fourth-order valence-electron chi connectivity index (χ4n) is 2.31. The van der Waals surface area contributed by atoms with Crippen molar-refractivity contribution in [3.8, 4) is 0 Å². The van der Waals surface area contributed by atoms with E-state index in [0.29, 0.717) is 12.1 Å². The second kappa shape index (κ2) is 8.33. The van der Waals surface area contributed by atoms with E-state index in [1.54, 1.807) is 18.0 Å². The lowest BCUT2D eigenvalue weighted by molar-refractivity contribution is -0.144. The van der Waals surface area contributed by atoms with E-state index in [1.165, 1.54) is 0 Å². The number of carbonyl (C=O) groups is 1. The zero-order valence-electron chi connectivity index (χ0n) is 12.9. The molecule has 0 bridgehead atoms. The van der Waals surface area contributed by atoms with Crippen LogP contribution in [0.4, 0.5) is 4.79 Å². The van der Waals surface area contributed by atoms with Crippen LogP contribution in [0, 0.1) is 0 Å². The summed E-state index contributed by atoms with van der Waals surface area (Å²) >= 11 is 3.33. The van der Waals surface area contributed by atoms with Gasteiger partial charge in [-0.2, -0.15) is 0 Å². The van der Waals surface area contributed by atoms with Crippen molar-refractivity contribution < 1.29 is 19.7 Å². The van der Waals surface area contributed by atoms with Crippen molar-refractivity contribution in [2.24, 2.45) is 0 Å². The summed E-state index contributed by atoms with van der Waals surface area (Å²) in [6, 6.07) is 9.25. The average molecular weight is 385 g/mol. The number of aliphatic hydroxyl groups is 2. The van der Waals surface area contributed by atoms with E-state index < -0.39 is 18.7 Å². The molecule has 1 aliphatic heterocycles. The van der Waals surface area contributed by atoms with Crippen molar-refractivity contribution in [1.29, 1.82) is 0 Å². The Morgan fingerprint density at radius 2 is 2.00 bits per heavy atom. The summed E-state index contributed by atoms with van der Waals surface area (Å²) < 4.78 is 5.21. The molecule has 126 valence electrons. The van der Waals surface area contributed by atoms with Gasteiger partial charge in [0, 0.05) is 18.1 Å². The van der Waals surface area contributed by atoms with Crippen LogP contribution in [0.3, 0.4) is 0 Å². The molecule has 0 saturated carbocycles. The van der Waals surface area contributed by atoms with Crippen molar-refractivity contribution in [3.63, 3.8) is 0 Å². The van der Waals surface area contributed by atoms with Gasteiger partial charge in [0.05, 0.1) is 0 Å². The summed E-state index contributed by atoms with van der Waals surface area (Å²) in [4.78, 5) is 14.8. The third-order valence-electron chi connectivity index (χ3n) is 3.55. The van der Waals surface area contributed by atoms with Gasteiger partial charge in [-0.1, -0.05) is 46.3 Å². The molecule has 0 saturated heterocycles. The number of carbonyl (C=O) groups excluding carboxylic acids is 1. The molecule has 2 atom stereocenters. The fraction of sp³-hybridized carbons (Fsp3) is 0.438. The molecule has 1 amide bonds. The number of alkyl halides is 1. The first kappa shape index (κ1) is 17.8. The van der Waals surface area contributed by atoms with Gasteiger partial charge in [0.15, 0.2) is 6.23 Å². The maximum Gasteiger partial charge on any atom is 0.416 e. The molecule has 1 aliphatic rings. The maximum atomic E-state index is 12.3. The fourth-order valence-corrected chi connectivity index (χ4v) is 2.56. The molecule has 2 unspecified atom stereocenters. The van der Waals surface area contributed by atoms with Gasteiger partial charge in [-0.3, -0.25) is 0 Å². The highest BCUT2D eigenvalue weighted by molar-refractivity contribution is 9.09. The van der Waals surface area contributed by atoms with Gasteiger partial charge in [-0.25, -0.2) is 9.69 Å². The molecular formula is C16H21BrN2O4. The molecular weight excluding hydrogens is 364 g/mol. The molecule has 0 aliphatic carbocycles. The number of benzene rings is 1. The number of nitrogens with zero attached hydrogens (tertiary/aromatic N) is 2. The lowest BCUT2D eigenvalue weighted by Gasteiger charge is -2.41. The third kappa shape index (κ3) is 4.46. The van der Waals surface area contributed by atoms with Gasteiger partial charge in [0.2, 0.25) is 6.35 Å². The second-order valence-corrected chi connectivity index (χ2v) is 6.11. The van der Waals surface area contributed by atoms with Crippen LogP contribution in [-0.4, -0.2) is 50.6 Å². The van der Waals surface area contributed by atoms with Crippen LogP contribution in [0.5, 0.6) is 0 Å². The van der Waals surface area contributed by atoms with Gasteiger partial charge < -0.3 is 19.8 Å². The van der Waals surface area contributed by atoms with Crippen molar-refractivity contribution in [3.05, 3.63) is 47.7 Å². The molecule has 0 spiro atoms.